The second-order valence-electron chi connectivity index (χ2n) is 7.15. The van der Waals surface area contributed by atoms with Crippen LogP contribution in [-0.2, 0) is 16.7 Å². The minimum atomic E-state index is 0.0864. The molecule has 1 aliphatic rings. The molecule has 21 heavy (non-hydrogen) atoms. The van der Waals surface area contributed by atoms with E-state index in [1.165, 1.54) is 10.6 Å². The summed E-state index contributed by atoms with van der Waals surface area (Å²) in [5.41, 5.74) is 1.32. The normalized spacial score (nSPS) is 19.8. The van der Waals surface area contributed by atoms with Crippen LogP contribution < -0.4 is 10.2 Å². The van der Waals surface area contributed by atoms with Gasteiger partial charge in [-0.3, -0.25) is 0 Å². The molecule has 1 atom stereocenters. The van der Waals surface area contributed by atoms with Crippen LogP contribution in [-0.4, -0.2) is 37.3 Å². The fourth-order valence-electron chi connectivity index (χ4n) is 2.57. The molecule has 1 aliphatic heterocycles. The van der Waals surface area contributed by atoms with E-state index in [1.807, 2.05) is 11.3 Å². The number of methoxy groups -OCH3 is 1. The lowest BCUT2D eigenvalue weighted by molar-refractivity contribution is 0.121. The van der Waals surface area contributed by atoms with Crippen LogP contribution in [0, 0.1) is 0 Å². The van der Waals surface area contributed by atoms with Crippen LogP contribution in [0.1, 0.15) is 51.6 Å². The Labute approximate surface area is 132 Å². The average molecular weight is 311 g/mol. The van der Waals surface area contributed by atoms with Crippen molar-refractivity contribution in [2.24, 2.45) is 0 Å². The SMILES string of the molecule is COC1CCN(c2nc(C(C)(C)C)c(CNC(C)C)s2)C1. The lowest BCUT2D eigenvalue weighted by Crippen LogP contribution is -2.24. The number of nitrogens with zero attached hydrogens (tertiary/aromatic N) is 2. The van der Waals surface area contributed by atoms with Gasteiger partial charge in [-0.15, -0.1) is 11.3 Å². The summed E-state index contributed by atoms with van der Waals surface area (Å²) < 4.78 is 5.47. The molecule has 5 heteroatoms. The van der Waals surface area contributed by atoms with Crippen molar-refractivity contribution in [3.63, 3.8) is 0 Å². The van der Waals surface area contributed by atoms with Crippen molar-refractivity contribution in [3.8, 4) is 0 Å². The lowest BCUT2D eigenvalue weighted by Gasteiger charge is -2.18. The van der Waals surface area contributed by atoms with Crippen LogP contribution in [0.4, 0.5) is 5.13 Å². The molecule has 1 fully saturated rings. The minimum absolute atomic E-state index is 0.0864. The zero-order valence-corrected chi connectivity index (χ0v) is 15.0. The van der Waals surface area contributed by atoms with Gasteiger partial charge in [0.05, 0.1) is 11.8 Å². The van der Waals surface area contributed by atoms with Crippen molar-refractivity contribution < 1.29 is 4.74 Å². The minimum Gasteiger partial charge on any atom is -0.380 e. The van der Waals surface area contributed by atoms with Crippen LogP contribution in [0.25, 0.3) is 0 Å². The molecule has 4 nitrogen and oxygen atoms in total. The van der Waals surface area contributed by atoms with E-state index in [0.29, 0.717) is 12.1 Å². The number of rotatable bonds is 5. The Hall–Kier alpha value is -0.650. The first kappa shape index (κ1) is 16.7. The summed E-state index contributed by atoms with van der Waals surface area (Å²) in [6.45, 7) is 14.0. The molecule has 1 N–H and O–H groups in total. The maximum atomic E-state index is 5.47. The summed E-state index contributed by atoms with van der Waals surface area (Å²) in [5.74, 6) is 0. The average Bonchev–Trinajstić information content (AvgIpc) is 3.01. The second kappa shape index (κ2) is 6.63. The van der Waals surface area contributed by atoms with E-state index in [2.05, 4.69) is 44.8 Å². The molecule has 0 aliphatic carbocycles. The molecular weight excluding hydrogens is 282 g/mol. The summed E-state index contributed by atoms with van der Waals surface area (Å²) in [7, 11) is 1.80. The quantitative estimate of drug-likeness (QED) is 0.906. The third-order valence-electron chi connectivity index (χ3n) is 3.82. The summed E-state index contributed by atoms with van der Waals surface area (Å²) >= 11 is 1.83. The number of nitrogens with one attached hydrogen (secondary N) is 1. The van der Waals surface area contributed by atoms with Gasteiger partial charge < -0.3 is 15.0 Å². The summed E-state index contributed by atoms with van der Waals surface area (Å²) in [4.78, 5) is 8.69. The van der Waals surface area contributed by atoms with E-state index in [4.69, 9.17) is 9.72 Å². The maximum absolute atomic E-state index is 5.47. The van der Waals surface area contributed by atoms with E-state index in [-0.39, 0.29) is 5.41 Å². The van der Waals surface area contributed by atoms with Crippen LogP contribution in [0.2, 0.25) is 0 Å². The Bertz CT molecular complexity index is 465. The highest BCUT2D eigenvalue weighted by Gasteiger charge is 2.28. The van der Waals surface area contributed by atoms with Gasteiger partial charge in [-0.1, -0.05) is 34.6 Å². The fraction of sp³-hybridized carbons (Fsp3) is 0.812. The molecular formula is C16H29N3OS. The van der Waals surface area contributed by atoms with Crippen molar-refractivity contribution in [1.82, 2.24) is 10.3 Å². The highest BCUT2D eigenvalue weighted by Crippen LogP contribution is 2.35. The number of hydrogen-bond acceptors (Lipinski definition) is 5. The second-order valence-corrected chi connectivity index (χ2v) is 8.21. The zero-order valence-electron chi connectivity index (χ0n) is 14.2. The number of hydrogen-bond donors (Lipinski definition) is 1. The first-order valence-electron chi connectivity index (χ1n) is 7.82. The standard InChI is InChI=1S/C16H29N3OS/c1-11(2)17-9-13-14(16(3,4)5)18-15(21-13)19-8-7-12(10-19)20-6/h11-12,17H,7-10H2,1-6H3. The Balaban J connectivity index is 2.20. The molecule has 0 amide bonds. The number of thiazole rings is 1. The number of aromatic nitrogens is 1. The molecule has 1 aromatic rings. The molecule has 0 spiro atoms. The van der Waals surface area contributed by atoms with Crippen molar-refractivity contribution in [2.75, 3.05) is 25.1 Å². The lowest BCUT2D eigenvalue weighted by atomic mass is 9.91. The van der Waals surface area contributed by atoms with E-state index in [1.54, 1.807) is 7.11 Å². The van der Waals surface area contributed by atoms with E-state index in [9.17, 15) is 0 Å². The molecule has 0 bridgehead atoms. The van der Waals surface area contributed by atoms with Gasteiger partial charge in [-0.2, -0.15) is 0 Å². The summed E-state index contributed by atoms with van der Waals surface area (Å²) in [5, 5.41) is 4.68. The molecule has 120 valence electrons. The smallest absolute Gasteiger partial charge is 0.185 e. The first-order valence-corrected chi connectivity index (χ1v) is 8.64. The van der Waals surface area contributed by atoms with Crippen molar-refractivity contribution >= 4 is 16.5 Å². The Morgan fingerprint density at radius 3 is 2.67 bits per heavy atom. The topological polar surface area (TPSA) is 37.4 Å². The predicted octanol–water partition coefficient (Wildman–Crippen LogP) is 3.16. The van der Waals surface area contributed by atoms with Gasteiger partial charge in [0, 0.05) is 43.1 Å². The van der Waals surface area contributed by atoms with Gasteiger partial charge in [0.15, 0.2) is 5.13 Å². The third kappa shape index (κ3) is 4.18. The van der Waals surface area contributed by atoms with Crippen molar-refractivity contribution in [2.45, 2.75) is 65.1 Å². The maximum Gasteiger partial charge on any atom is 0.185 e. The molecule has 1 aromatic heterocycles. The van der Waals surface area contributed by atoms with Gasteiger partial charge in [-0.05, 0) is 6.42 Å². The molecule has 0 aromatic carbocycles. The summed E-state index contributed by atoms with van der Waals surface area (Å²) in [6, 6.07) is 0.494. The van der Waals surface area contributed by atoms with Gasteiger partial charge in [0.1, 0.15) is 0 Å². The van der Waals surface area contributed by atoms with Gasteiger partial charge >= 0.3 is 0 Å². The first-order chi connectivity index (χ1) is 9.81. The molecule has 1 unspecified atom stereocenters. The molecule has 2 heterocycles. The highest BCUT2D eigenvalue weighted by atomic mass is 32.1. The van der Waals surface area contributed by atoms with Gasteiger partial charge in [0.2, 0.25) is 0 Å². The molecule has 1 saturated heterocycles. The Morgan fingerprint density at radius 1 is 1.43 bits per heavy atom. The Morgan fingerprint density at radius 2 is 2.14 bits per heavy atom. The van der Waals surface area contributed by atoms with E-state index in [0.717, 1.165) is 31.2 Å². The predicted molar refractivity (Wildman–Crippen MR) is 90.4 cm³/mol. The fourth-order valence-corrected chi connectivity index (χ4v) is 3.83. The third-order valence-corrected chi connectivity index (χ3v) is 4.93. The largest absolute Gasteiger partial charge is 0.380 e. The molecule has 2 rings (SSSR count). The van der Waals surface area contributed by atoms with E-state index >= 15 is 0 Å². The highest BCUT2D eigenvalue weighted by molar-refractivity contribution is 7.15. The molecule has 0 radical (unpaired) electrons. The van der Waals surface area contributed by atoms with Crippen LogP contribution in [0.3, 0.4) is 0 Å². The molecule has 0 saturated carbocycles. The summed E-state index contributed by atoms with van der Waals surface area (Å²) in [6.07, 6.45) is 1.45. The zero-order chi connectivity index (χ0) is 15.6. The monoisotopic (exact) mass is 311 g/mol. The van der Waals surface area contributed by atoms with Crippen LogP contribution in [0.15, 0.2) is 0 Å². The number of anilines is 1. The van der Waals surface area contributed by atoms with Gasteiger partial charge in [0.25, 0.3) is 0 Å². The van der Waals surface area contributed by atoms with Crippen LogP contribution >= 0.6 is 11.3 Å². The van der Waals surface area contributed by atoms with Crippen molar-refractivity contribution in [1.29, 1.82) is 0 Å². The number of ether oxygens (including phenoxy) is 1. The van der Waals surface area contributed by atoms with Gasteiger partial charge in [-0.25, -0.2) is 4.98 Å². The van der Waals surface area contributed by atoms with Crippen LogP contribution in [0.5, 0.6) is 0 Å². The van der Waals surface area contributed by atoms with E-state index < -0.39 is 0 Å². The Kier molecular flexibility index (Phi) is 5.28. The van der Waals surface area contributed by atoms with Crippen molar-refractivity contribution in [3.05, 3.63) is 10.6 Å².